The molecule has 0 amide bonds. The summed E-state index contributed by atoms with van der Waals surface area (Å²) in [4.78, 5) is 8.01. The van der Waals surface area contributed by atoms with Crippen molar-refractivity contribution >= 4 is 23.2 Å². The first-order valence-electron chi connectivity index (χ1n) is 11.2. The van der Waals surface area contributed by atoms with E-state index in [0.717, 1.165) is 22.2 Å². The molecule has 0 saturated carbocycles. The highest BCUT2D eigenvalue weighted by molar-refractivity contribution is 6.07. The van der Waals surface area contributed by atoms with E-state index in [-0.39, 0.29) is 0 Å². The minimum Gasteiger partial charge on any atom is -0.353 e. The van der Waals surface area contributed by atoms with Crippen molar-refractivity contribution in [1.82, 2.24) is 4.98 Å². The van der Waals surface area contributed by atoms with Crippen LogP contribution in [0.3, 0.4) is 0 Å². The van der Waals surface area contributed by atoms with Crippen molar-refractivity contribution in [1.29, 1.82) is 0 Å². The molecule has 0 aliphatic heterocycles. The van der Waals surface area contributed by atoms with E-state index in [1.165, 1.54) is 44.5 Å². The highest BCUT2D eigenvalue weighted by Gasteiger charge is 2.53. The zero-order valence-electron chi connectivity index (χ0n) is 18.2. The summed E-state index contributed by atoms with van der Waals surface area (Å²) in [6, 6.07) is 33.0. The summed E-state index contributed by atoms with van der Waals surface area (Å²) in [5.41, 5.74) is 12.8. The maximum atomic E-state index is 4.29. The fourth-order valence-corrected chi connectivity index (χ4v) is 6.18. The lowest BCUT2D eigenvalue weighted by atomic mass is 9.70. The Hall–Kier alpha value is -4.35. The van der Waals surface area contributed by atoms with E-state index in [1.807, 2.05) is 18.4 Å². The molecule has 4 aromatic carbocycles. The van der Waals surface area contributed by atoms with E-state index >= 15 is 0 Å². The molecule has 1 aromatic heterocycles. The number of hydrogen-bond acceptors (Lipinski definition) is 1. The highest BCUT2D eigenvalue weighted by Crippen LogP contribution is 2.63. The minimum absolute atomic E-state index is 0.445. The third-order valence-electron chi connectivity index (χ3n) is 7.30. The number of nitrogens with one attached hydrogen (secondary N) is 1. The van der Waals surface area contributed by atoms with Gasteiger partial charge in [0.25, 0.3) is 0 Å². The maximum absolute atomic E-state index is 4.29. The highest BCUT2D eigenvalue weighted by atomic mass is 14.8. The maximum Gasteiger partial charge on any atom is 0.0825 e. The van der Waals surface area contributed by atoms with Gasteiger partial charge in [0, 0.05) is 35.3 Å². The van der Waals surface area contributed by atoms with Gasteiger partial charge in [0.15, 0.2) is 0 Å². The molecule has 1 spiro atoms. The SMILES string of the molecule is C=Cc1c(/C=N/C)[nH]c2c3c(ccc12)-c1ccccc1C31c2c#cccc2-c2ccccc21. The molecular formula is C31H20N2. The van der Waals surface area contributed by atoms with Crippen molar-refractivity contribution in [2.75, 3.05) is 7.05 Å². The summed E-state index contributed by atoms with van der Waals surface area (Å²) in [5, 5.41) is 1.16. The molecule has 2 heteroatoms. The largest absolute Gasteiger partial charge is 0.353 e. The second-order valence-corrected chi connectivity index (χ2v) is 8.69. The first kappa shape index (κ1) is 18.2. The summed E-state index contributed by atoms with van der Waals surface area (Å²) in [6.07, 6.45) is 3.81. The Morgan fingerprint density at radius 2 is 1.61 bits per heavy atom. The fourth-order valence-electron chi connectivity index (χ4n) is 6.18. The second kappa shape index (κ2) is 6.34. The van der Waals surface area contributed by atoms with Gasteiger partial charge in [-0.25, -0.2) is 0 Å². The van der Waals surface area contributed by atoms with Gasteiger partial charge in [0.1, 0.15) is 0 Å². The molecule has 1 heterocycles. The van der Waals surface area contributed by atoms with Gasteiger partial charge in [-0.15, -0.1) is 0 Å². The lowest BCUT2D eigenvalue weighted by Gasteiger charge is -2.29. The first-order chi connectivity index (χ1) is 16.3. The predicted molar refractivity (Wildman–Crippen MR) is 136 cm³/mol. The van der Waals surface area contributed by atoms with Crippen LogP contribution in [0.5, 0.6) is 0 Å². The molecule has 2 aliphatic carbocycles. The number of hydrogen-bond donors (Lipinski definition) is 1. The van der Waals surface area contributed by atoms with Crippen LogP contribution in [0.25, 0.3) is 39.2 Å². The number of rotatable bonds is 2. The van der Waals surface area contributed by atoms with E-state index in [0.29, 0.717) is 0 Å². The first-order valence-corrected chi connectivity index (χ1v) is 11.2. The van der Waals surface area contributed by atoms with Gasteiger partial charge in [-0.05, 0) is 45.5 Å². The number of aromatic nitrogens is 1. The normalized spacial score (nSPS) is 14.2. The Balaban J connectivity index is 1.74. The second-order valence-electron chi connectivity index (χ2n) is 8.69. The van der Waals surface area contributed by atoms with Crippen molar-refractivity contribution in [3.05, 3.63) is 125 Å². The van der Waals surface area contributed by atoms with Crippen LogP contribution in [-0.4, -0.2) is 18.2 Å². The molecule has 0 fully saturated rings. The number of aromatic amines is 1. The van der Waals surface area contributed by atoms with E-state index in [4.69, 9.17) is 0 Å². The Kier molecular flexibility index (Phi) is 3.51. The van der Waals surface area contributed by atoms with Crippen LogP contribution >= 0.6 is 0 Å². The molecule has 1 N–H and O–H groups in total. The lowest BCUT2D eigenvalue weighted by Crippen LogP contribution is -2.26. The standard InChI is InChI=1S/C31H20N2/c1-3-19-24-17-16-23-22-12-6-9-15-27(22)31(29(23)30(24)33-28(19)18-32-2)25-13-7-4-10-20(25)21-11-5-8-14-26(21)31/h3-7,9-13,15-18,33H,1H2,2H3/b32-18+. The van der Waals surface area contributed by atoms with Crippen LogP contribution in [0.1, 0.15) is 33.5 Å². The molecule has 2 aliphatic rings. The Morgan fingerprint density at radius 3 is 2.33 bits per heavy atom. The van der Waals surface area contributed by atoms with Gasteiger partial charge in [-0.1, -0.05) is 85.5 Å². The van der Waals surface area contributed by atoms with Gasteiger partial charge in [0.05, 0.1) is 16.6 Å². The summed E-state index contributed by atoms with van der Waals surface area (Å²) in [7, 11) is 1.80. The molecule has 5 aromatic rings. The molecule has 1 atom stereocenters. The average Bonchev–Trinajstić information content (AvgIpc) is 3.47. The monoisotopic (exact) mass is 420 g/mol. The Morgan fingerprint density at radius 1 is 0.879 bits per heavy atom. The van der Waals surface area contributed by atoms with Crippen LogP contribution in [0.2, 0.25) is 0 Å². The van der Waals surface area contributed by atoms with Crippen molar-refractivity contribution in [3.8, 4) is 22.3 Å². The van der Waals surface area contributed by atoms with Gasteiger partial charge in [-0.2, -0.15) is 0 Å². The smallest absolute Gasteiger partial charge is 0.0825 e. The summed E-state index contributed by atoms with van der Waals surface area (Å²) >= 11 is 0. The van der Waals surface area contributed by atoms with Crippen LogP contribution in [0, 0.1) is 12.1 Å². The number of H-pyrrole nitrogens is 1. The number of nitrogens with zero attached hydrogens (tertiary/aromatic N) is 1. The third-order valence-corrected chi connectivity index (χ3v) is 7.30. The van der Waals surface area contributed by atoms with Gasteiger partial charge in [-0.3, -0.25) is 4.99 Å². The molecule has 2 nitrogen and oxygen atoms in total. The van der Waals surface area contributed by atoms with Crippen LogP contribution < -0.4 is 0 Å². The topological polar surface area (TPSA) is 28.1 Å². The van der Waals surface area contributed by atoms with Crippen molar-refractivity contribution < 1.29 is 0 Å². The van der Waals surface area contributed by atoms with E-state index < -0.39 is 5.41 Å². The number of benzene rings is 3. The minimum atomic E-state index is -0.445. The van der Waals surface area contributed by atoms with Crippen molar-refractivity contribution in [2.45, 2.75) is 5.41 Å². The molecule has 0 bridgehead atoms. The van der Waals surface area contributed by atoms with Gasteiger partial charge in [0.2, 0.25) is 0 Å². The average molecular weight is 421 g/mol. The zero-order valence-corrected chi connectivity index (χ0v) is 18.2. The molecule has 33 heavy (non-hydrogen) atoms. The van der Waals surface area contributed by atoms with Crippen LogP contribution in [-0.2, 0) is 5.41 Å². The van der Waals surface area contributed by atoms with E-state index in [2.05, 4.69) is 95.4 Å². The van der Waals surface area contributed by atoms with E-state index in [1.54, 1.807) is 7.05 Å². The quantitative estimate of drug-likeness (QED) is 0.298. The van der Waals surface area contributed by atoms with Crippen molar-refractivity contribution in [2.24, 2.45) is 4.99 Å². The van der Waals surface area contributed by atoms with Crippen molar-refractivity contribution in [3.63, 3.8) is 0 Å². The Bertz CT molecular complexity index is 1580. The predicted octanol–water partition coefficient (Wildman–Crippen LogP) is 6.80. The summed E-state index contributed by atoms with van der Waals surface area (Å²) in [5.74, 6) is 0. The molecule has 0 radical (unpaired) electrons. The molecule has 154 valence electrons. The van der Waals surface area contributed by atoms with E-state index in [9.17, 15) is 0 Å². The summed E-state index contributed by atoms with van der Waals surface area (Å²) in [6.45, 7) is 4.10. The lowest BCUT2D eigenvalue weighted by molar-refractivity contribution is 0.800. The van der Waals surface area contributed by atoms with Gasteiger partial charge >= 0.3 is 0 Å². The van der Waals surface area contributed by atoms with Crippen LogP contribution in [0.4, 0.5) is 0 Å². The Labute approximate surface area is 193 Å². The molecule has 1 unspecified atom stereocenters. The summed E-state index contributed by atoms with van der Waals surface area (Å²) < 4.78 is 0. The number of aliphatic imine (C=N–C) groups is 1. The molecule has 0 saturated heterocycles. The number of fused-ring (bicyclic) bond motifs is 12. The fraction of sp³-hybridized carbons (Fsp3) is 0.0645. The third kappa shape index (κ3) is 2.03. The zero-order chi connectivity index (χ0) is 22.2. The van der Waals surface area contributed by atoms with Crippen LogP contribution in [0.15, 0.2) is 84.4 Å². The van der Waals surface area contributed by atoms with Gasteiger partial charge < -0.3 is 4.98 Å². The molecular weight excluding hydrogens is 400 g/mol. The molecule has 7 rings (SSSR count).